The average Bonchev–Trinajstić information content (AvgIpc) is 2.42. The Morgan fingerprint density at radius 3 is 2.70 bits per heavy atom. The predicted molar refractivity (Wildman–Crippen MR) is 76.0 cm³/mol. The molecule has 110 valence electrons. The monoisotopic (exact) mass is 300 g/mol. The zero-order chi connectivity index (χ0) is 15.1. The normalized spacial score (nSPS) is 10.3. The van der Waals surface area contributed by atoms with Crippen LogP contribution in [0.5, 0.6) is 0 Å². The van der Waals surface area contributed by atoms with Crippen molar-refractivity contribution in [1.82, 2.24) is 4.90 Å². The van der Waals surface area contributed by atoms with Crippen molar-refractivity contribution in [1.29, 1.82) is 0 Å². The number of halogens is 1. The molecule has 20 heavy (non-hydrogen) atoms. The number of unbranched alkanes of at least 4 members (excludes halogenated alkanes) is 1. The van der Waals surface area contributed by atoms with Crippen molar-refractivity contribution in [3.8, 4) is 0 Å². The topological polar surface area (TPSA) is 83.7 Å². The molecule has 1 aromatic rings. The van der Waals surface area contributed by atoms with E-state index in [1.54, 1.807) is 0 Å². The van der Waals surface area contributed by atoms with Crippen LogP contribution in [0.15, 0.2) is 18.2 Å². The van der Waals surface area contributed by atoms with E-state index in [0.717, 1.165) is 12.8 Å². The number of benzene rings is 1. The van der Waals surface area contributed by atoms with Gasteiger partial charge in [-0.05, 0) is 12.5 Å². The van der Waals surface area contributed by atoms with Gasteiger partial charge in [-0.15, -0.1) is 0 Å². The average molecular weight is 301 g/mol. The molecule has 1 N–H and O–H groups in total. The van der Waals surface area contributed by atoms with Crippen molar-refractivity contribution < 1.29 is 14.8 Å². The summed E-state index contributed by atoms with van der Waals surface area (Å²) in [6, 6.07) is 4.13. The zero-order valence-corrected chi connectivity index (χ0v) is 12.0. The summed E-state index contributed by atoms with van der Waals surface area (Å²) in [5, 5.41) is 19.7. The number of aliphatic hydroxyl groups excluding tert-OH is 1. The Kier molecular flexibility index (Phi) is 6.41. The molecule has 0 saturated carbocycles. The van der Waals surface area contributed by atoms with Gasteiger partial charge in [-0.1, -0.05) is 31.0 Å². The van der Waals surface area contributed by atoms with E-state index in [-0.39, 0.29) is 29.4 Å². The maximum Gasteiger partial charge on any atom is 0.288 e. The zero-order valence-electron chi connectivity index (χ0n) is 11.2. The number of amides is 1. The second kappa shape index (κ2) is 7.81. The molecule has 0 radical (unpaired) electrons. The fourth-order valence-corrected chi connectivity index (χ4v) is 2.06. The number of nitro groups is 1. The smallest absolute Gasteiger partial charge is 0.288 e. The molecular formula is C13H17ClN2O4. The lowest BCUT2D eigenvalue weighted by molar-refractivity contribution is -0.384. The Labute approximate surface area is 122 Å². The molecule has 0 bridgehead atoms. The minimum Gasteiger partial charge on any atom is -0.395 e. The summed E-state index contributed by atoms with van der Waals surface area (Å²) in [6.07, 6.45) is 1.69. The summed E-state index contributed by atoms with van der Waals surface area (Å²) >= 11 is 5.93. The third-order valence-corrected chi connectivity index (χ3v) is 3.24. The van der Waals surface area contributed by atoms with E-state index in [9.17, 15) is 14.9 Å². The second-order valence-electron chi connectivity index (χ2n) is 4.27. The highest BCUT2D eigenvalue weighted by molar-refractivity contribution is 6.35. The first kappa shape index (κ1) is 16.4. The fourth-order valence-electron chi connectivity index (χ4n) is 1.78. The summed E-state index contributed by atoms with van der Waals surface area (Å²) in [7, 11) is 0. The molecule has 0 atom stereocenters. The van der Waals surface area contributed by atoms with Gasteiger partial charge in [0.2, 0.25) is 0 Å². The maximum atomic E-state index is 12.3. The minimum absolute atomic E-state index is 0.0884. The number of hydrogen-bond donors (Lipinski definition) is 1. The van der Waals surface area contributed by atoms with Gasteiger partial charge in [0.05, 0.1) is 17.1 Å². The lowest BCUT2D eigenvalue weighted by Gasteiger charge is -2.22. The van der Waals surface area contributed by atoms with Gasteiger partial charge >= 0.3 is 0 Å². The summed E-state index contributed by atoms with van der Waals surface area (Å²) in [6.45, 7) is 2.48. The van der Waals surface area contributed by atoms with E-state index in [2.05, 4.69) is 0 Å². The first-order valence-electron chi connectivity index (χ1n) is 6.36. The van der Waals surface area contributed by atoms with Crippen molar-refractivity contribution in [2.75, 3.05) is 19.7 Å². The molecule has 0 spiro atoms. The molecular weight excluding hydrogens is 284 g/mol. The second-order valence-corrected chi connectivity index (χ2v) is 4.64. The van der Waals surface area contributed by atoms with E-state index in [1.807, 2.05) is 6.92 Å². The van der Waals surface area contributed by atoms with E-state index >= 15 is 0 Å². The van der Waals surface area contributed by atoms with Crippen molar-refractivity contribution >= 4 is 23.2 Å². The van der Waals surface area contributed by atoms with E-state index in [4.69, 9.17) is 16.7 Å². The Bertz CT molecular complexity index is 493. The molecule has 1 rings (SSSR count). The van der Waals surface area contributed by atoms with Gasteiger partial charge in [0.25, 0.3) is 11.6 Å². The summed E-state index contributed by atoms with van der Waals surface area (Å²) in [4.78, 5) is 24.0. The van der Waals surface area contributed by atoms with Crippen molar-refractivity contribution in [2.45, 2.75) is 19.8 Å². The largest absolute Gasteiger partial charge is 0.395 e. The van der Waals surface area contributed by atoms with Gasteiger partial charge in [-0.3, -0.25) is 14.9 Å². The van der Waals surface area contributed by atoms with E-state index in [0.29, 0.717) is 6.54 Å². The van der Waals surface area contributed by atoms with Crippen LogP contribution in [0.2, 0.25) is 5.02 Å². The van der Waals surface area contributed by atoms with Crippen LogP contribution < -0.4 is 0 Å². The lowest BCUT2D eigenvalue weighted by atomic mass is 10.1. The van der Waals surface area contributed by atoms with Gasteiger partial charge in [0.15, 0.2) is 0 Å². The van der Waals surface area contributed by atoms with Gasteiger partial charge in [0, 0.05) is 19.2 Å². The molecule has 7 heteroatoms. The Hall–Kier alpha value is -1.66. The number of hydrogen-bond acceptors (Lipinski definition) is 4. The lowest BCUT2D eigenvalue weighted by Crippen LogP contribution is -2.34. The predicted octanol–water partition coefficient (Wildman–Crippen LogP) is 2.48. The molecule has 0 aliphatic heterocycles. The van der Waals surface area contributed by atoms with Crippen molar-refractivity contribution in [3.05, 3.63) is 38.9 Å². The summed E-state index contributed by atoms with van der Waals surface area (Å²) in [5.41, 5.74) is -0.206. The standard InChI is InChI=1S/C13H17ClN2O4/c1-2-3-7-15(8-9-17)13(18)10-5-4-6-11(12(10)14)16(19)20/h4-6,17H,2-3,7-9H2,1H3. The van der Waals surface area contributed by atoms with Crippen LogP contribution in [0.4, 0.5) is 5.69 Å². The van der Waals surface area contributed by atoms with Crippen molar-refractivity contribution in [3.63, 3.8) is 0 Å². The molecule has 1 aromatic carbocycles. The number of nitro benzene ring substituents is 1. The maximum absolute atomic E-state index is 12.3. The number of carbonyl (C=O) groups is 1. The highest BCUT2D eigenvalue weighted by Gasteiger charge is 2.23. The van der Waals surface area contributed by atoms with Crippen LogP contribution >= 0.6 is 11.6 Å². The molecule has 6 nitrogen and oxygen atoms in total. The molecule has 0 fully saturated rings. The van der Waals surface area contributed by atoms with Gasteiger partial charge in [0.1, 0.15) is 5.02 Å². The highest BCUT2D eigenvalue weighted by Crippen LogP contribution is 2.28. The molecule has 1 amide bonds. The molecule has 0 aliphatic rings. The third-order valence-electron chi connectivity index (χ3n) is 2.84. The van der Waals surface area contributed by atoms with Crippen LogP contribution in [-0.2, 0) is 0 Å². The summed E-state index contributed by atoms with van der Waals surface area (Å²) < 4.78 is 0. The number of carbonyl (C=O) groups excluding carboxylic acids is 1. The molecule has 0 unspecified atom stereocenters. The van der Waals surface area contributed by atoms with E-state index < -0.39 is 10.8 Å². The van der Waals surface area contributed by atoms with Gasteiger partial charge in [-0.25, -0.2) is 0 Å². The molecule has 0 heterocycles. The quantitative estimate of drug-likeness (QED) is 0.619. The minimum atomic E-state index is -0.623. The van der Waals surface area contributed by atoms with Crippen LogP contribution in [0.3, 0.4) is 0 Å². The van der Waals surface area contributed by atoms with Crippen molar-refractivity contribution in [2.24, 2.45) is 0 Å². The SMILES string of the molecule is CCCCN(CCO)C(=O)c1cccc([N+](=O)[O-])c1Cl. The first-order chi connectivity index (χ1) is 9.52. The number of nitrogens with zero attached hydrogens (tertiary/aromatic N) is 2. The molecule has 0 saturated heterocycles. The molecule has 0 aliphatic carbocycles. The van der Waals surface area contributed by atoms with Crippen LogP contribution in [0.1, 0.15) is 30.1 Å². The Morgan fingerprint density at radius 2 is 2.15 bits per heavy atom. The Balaban J connectivity index is 3.05. The van der Waals surface area contributed by atoms with Crippen LogP contribution in [-0.4, -0.2) is 40.5 Å². The number of aliphatic hydroxyl groups is 1. The third kappa shape index (κ3) is 3.91. The number of rotatable bonds is 7. The van der Waals surface area contributed by atoms with Gasteiger partial charge < -0.3 is 10.0 Å². The molecule has 0 aromatic heterocycles. The van der Waals surface area contributed by atoms with Gasteiger partial charge in [-0.2, -0.15) is 0 Å². The van der Waals surface area contributed by atoms with Crippen LogP contribution in [0, 0.1) is 10.1 Å². The highest BCUT2D eigenvalue weighted by atomic mass is 35.5. The van der Waals surface area contributed by atoms with E-state index in [1.165, 1.54) is 23.1 Å². The Morgan fingerprint density at radius 1 is 1.45 bits per heavy atom. The fraction of sp³-hybridized carbons (Fsp3) is 0.462. The summed E-state index contributed by atoms with van der Waals surface area (Å²) in [5.74, 6) is -0.402. The van der Waals surface area contributed by atoms with Crippen LogP contribution in [0.25, 0.3) is 0 Å². The first-order valence-corrected chi connectivity index (χ1v) is 6.73.